The van der Waals surface area contributed by atoms with Crippen molar-refractivity contribution >= 4 is 29.8 Å². The first-order chi connectivity index (χ1) is 1.41. The van der Waals surface area contributed by atoms with Gasteiger partial charge >= 0.3 is 0 Å². The Morgan fingerprint density at radius 3 is 1.75 bits per heavy atom. The molecule has 19 valence electrons. The molecule has 4 heteroatoms. The summed E-state index contributed by atoms with van der Waals surface area (Å²) in [7, 11) is 1.51. The molecule has 0 atom stereocenters. The fourth-order valence-corrected chi connectivity index (χ4v) is 0. The van der Waals surface area contributed by atoms with Crippen molar-refractivity contribution in [2.45, 2.75) is 0 Å². The number of rotatable bonds is 0. The van der Waals surface area contributed by atoms with Crippen LogP contribution in [-0.2, 0) is 0 Å². The molecule has 0 amide bonds. The predicted octanol–water partition coefficient (Wildman–Crippen LogP) is -2.75. The molecule has 0 aromatic carbocycles. The van der Waals surface area contributed by atoms with E-state index in [1.807, 2.05) is 0 Å². The van der Waals surface area contributed by atoms with Gasteiger partial charge < -0.3 is 0 Å². The minimum Gasteiger partial charge on any atom is -0.0550 e. The van der Waals surface area contributed by atoms with E-state index in [0.717, 1.165) is 0 Å². The summed E-state index contributed by atoms with van der Waals surface area (Å²) in [6.07, 6.45) is 0. The Labute approximate surface area is 64.5 Å². The van der Waals surface area contributed by atoms with Crippen LogP contribution in [0.3, 0.4) is 0 Å². The summed E-state index contributed by atoms with van der Waals surface area (Å²) in [5, 5.41) is 0. The van der Waals surface area contributed by atoms with E-state index >= 15 is 0 Å². The standard InChI is InChI=1S/Al.BH2.La.H3Si.H/h;1H2;;1H3;/q-1;+1;;;. The molecule has 0 saturated carbocycles. The third-order valence-corrected chi connectivity index (χ3v) is 0. The summed E-state index contributed by atoms with van der Waals surface area (Å²) in [6, 6.07) is 0. The van der Waals surface area contributed by atoms with Crippen LogP contribution in [0.5, 0.6) is 0 Å². The van der Waals surface area contributed by atoms with Gasteiger partial charge in [-0.2, -0.15) is 0 Å². The van der Waals surface area contributed by atoms with E-state index < -0.39 is 0 Å². The van der Waals surface area contributed by atoms with Crippen LogP contribution in [0.15, 0.2) is 0 Å². The second kappa shape index (κ2) is 8.89. The van der Waals surface area contributed by atoms with E-state index in [1.54, 1.807) is 0 Å². The fraction of sp³-hybridized carbons (Fsp3) is 0. The van der Waals surface area contributed by atoms with Gasteiger partial charge in [0.1, 0.15) is 0 Å². The van der Waals surface area contributed by atoms with Crippen molar-refractivity contribution < 1.29 is 35.6 Å². The van der Waals surface area contributed by atoms with Gasteiger partial charge in [0, 0.05) is 42.2 Å². The molecule has 0 nitrogen and oxygen atoms in total. The third kappa shape index (κ3) is 8.99. The first kappa shape index (κ1) is 9.38. The van der Waals surface area contributed by atoms with Crippen molar-refractivity contribution in [1.82, 2.24) is 0 Å². The number of hydrogen-bond donors (Lipinski definition) is 0. The minimum atomic E-state index is 0. The van der Waals surface area contributed by atoms with Gasteiger partial charge in [-0.15, -0.1) is 0 Å². The molecule has 0 rings (SSSR count). The summed E-state index contributed by atoms with van der Waals surface area (Å²) >= 11 is 0.556. The monoisotopic (exact) mass is 211 g/mol. The van der Waals surface area contributed by atoms with Gasteiger partial charge in [0.2, 0.25) is 0 Å². The normalized spacial score (nSPS) is 4.00. The summed E-state index contributed by atoms with van der Waals surface area (Å²) in [5.74, 6) is 0. The Bertz CT molecular complexity index is 8.00. The van der Waals surface area contributed by atoms with E-state index in [9.17, 15) is 0 Å². The van der Waals surface area contributed by atoms with Crippen LogP contribution < -0.4 is 0 Å². The van der Waals surface area contributed by atoms with Gasteiger partial charge in [0.25, 0.3) is 0 Å². The Morgan fingerprint density at radius 1 is 1.75 bits per heavy atom. The van der Waals surface area contributed by atoms with E-state index in [-0.39, 0.29) is 35.6 Å². The molecule has 0 heterocycles. The van der Waals surface area contributed by atoms with Crippen molar-refractivity contribution in [2.75, 3.05) is 0 Å². The molecule has 0 fully saturated rings. The van der Waals surface area contributed by atoms with Gasteiger partial charge in [0.05, 0.1) is 0 Å². The van der Waals surface area contributed by atoms with E-state index in [4.69, 9.17) is 0 Å². The summed E-state index contributed by atoms with van der Waals surface area (Å²) < 4.78 is 0. The van der Waals surface area contributed by atoms with Gasteiger partial charge in [-0.25, -0.2) is 0 Å². The molecule has 0 N–H and O–H groups in total. The maximum absolute atomic E-state index is 2.33. The van der Waals surface area contributed by atoms with Crippen LogP contribution in [0.2, 0.25) is 0 Å². The van der Waals surface area contributed by atoms with Crippen molar-refractivity contribution in [3.05, 3.63) is 0 Å². The number of hydrogen-bond acceptors (Lipinski definition) is 0. The fourth-order valence-electron chi connectivity index (χ4n) is 0. The van der Waals surface area contributed by atoms with Crippen LogP contribution >= 0.6 is 0 Å². The van der Waals surface area contributed by atoms with E-state index in [2.05, 4.69) is 6.62 Å². The predicted molar refractivity (Wildman–Crippen MR) is 25.6 cm³/mol. The molecule has 0 aromatic heterocycles. The second-order valence-corrected chi connectivity index (χ2v) is 6.36. The van der Waals surface area contributed by atoms with Gasteiger partial charge in [0.15, 0.2) is 14.4 Å². The van der Waals surface area contributed by atoms with Crippen molar-refractivity contribution in [3.63, 3.8) is 0 Å². The van der Waals surface area contributed by atoms with Crippen LogP contribution in [0.25, 0.3) is 0 Å². The molecular formula is H6AlBLaSi. The van der Waals surface area contributed by atoms with E-state index in [1.165, 1.54) is 8.80 Å². The molecule has 1 radical (unpaired) electrons. The molecule has 0 unspecified atom stereocenters. The van der Waals surface area contributed by atoms with Gasteiger partial charge in [-0.3, -0.25) is 0 Å². The first-order valence-electron chi connectivity index (χ1n) is 1.41. The summed E-state index contributed by atoms with van der Waals surface area (Å²) in [5.41, 5.74) is 0. The zero-order valence-electron chi connectivity index (χ0n) is 3.28. The van der Waals surface area contributed by atoms with Crippen LogP contribution in [0.4, 0.5) is 0 Å². The maximum Gasteiger partial charge on any atom is 0.172 e. The van der Waals surface area contributed by atoms with Crippen LogP contribution in [-0.4, -0.2) is 29.8 Å². The van der Waals surface area contributed by atoms with Gasteiger partial charge in [-0.1, -0.05) is 8.80 Å². The maximum atomic E-state index is 2.33. The Hall–Kier alpha value is 2.01. The average Bonchev–Trinajstić information content (AvgIpc) is 0.918. The Balaban J connectivity index is 0. The molecule has 4 heavy (non-hydrogen) atoms. The zero-order valence-corrected chi connectivity index (χ0v) is 10.3. The van der Waals surface area contributed by atoms with Gasteiger partial charge in [-0.05, 0) is 0 Å². The van der Waals surface area contributed by atoms with Crippen molar-refractivity contribution in [1.29, 1.82) is 0 Å². The zero-order chi connectivity index (χ0) is 2.71. The molecule has 0 aliphatic heterocycles. The quantitative estimate of drug-likeness (QED) is 0.381. The molecule has 0 aliphatic rings. The van der Waals surface area contributed by atoms with Crippen LogP contribution in [0.1, 0.15) is 0 Å². The molecule has 0 aliphatic carbocycles. The SMILES string of the molecule is [BH2][AlH][SiH3].[La]. The topological polar surface area (TPSA) is 0 Å². The Morgan fingerprint density at radius 2 is 1.75 bits per heavy atom. The van der Waals surface area contributed by atoms with E-state index in [0.29, 0.717) is 14.4 Å². The Kier molecular flexibility index (Phi) is 20.9. The largest absolute Gasteiger partial charge is 0.172 e. The molecule has 0 aromatic rings. The molecular weight excluding hydrogens is 205 g/mol. The summed E-state index contributed by atoms with van der Waals surface area (Å²) in [4.78, 5) is 0. The second-order valence-electron chi connectivity index (χ2n) is 0.707. The smallest absolute Gasteiger partial charge is 0.0550 e. The molecule has 0 saturated heterocycles. The summed E-state index contributed by atoms with van der Waals surface area (Å²) in [6.45, 7) is 2.33. The minimum absolute atomic E-state index is 0. The molecule has 0 spiro atoms. The third-order valence-electron chi connectivity index (χ3n) is 0. The molecule has 0 bridgehead atoms. The van der Waals surface area contributed by atoms with Crippen LogP contribution in [0, 0.1) is 35.6 Å². The average molecular weight is 211 g/mol. The van der Waals surface area contributed by atoms with Crippen molar-refractivity contribution in [3.8, 4) is 0 Å². The van der Waals surface area contributed by atoms with Crippen molar-refractivity contribution in [2.24, 2.45) is 0 Å². The first-order valence-corrected chi connectivity index (χ1v) is 8.49.